The lowest BCUT2D eigenvalue weighted by molar-refractivity contribution is -0.132. The maximum Gasteiger partial charge on any atom is 0.319 e. The summed E-state index contributed by atoms with van der Waals surface area (Å²) in [5.74, 6) is -0.234. The Labute approximate surface area is 155 Å². The Morgan fingerprint density at radius 1 is 1.15 bits per heavy atom. The van der Waals surface area contributed by atoms with Crippen molar-refractivity contribution in [3.05, 3.63) is 0 Å². The summed E-state index contributed by atoms with van der Waals surface area (Å²) in [6.45, 7) is 3.97. The molecule has 0 spiro atoms. The van der Waals surface area contributed by atoms with E-state index >= 15 is 0 Å². The summed E-state index contributed by atoms with van der Waals surface area (Å²) in [6, 6.07) is 0.416. The lowest BCUT2D eigenvalue weighted by atomic mass is 9.87. The molecular formula is C18H33N5O3. The molecule has 0 saturated carbocycles. The molecule has 1 unspecified atom stereocenters. The highest BCUT2D eigenvalue weighted by molar-refractivity contribution is 5.85. The fraction of sp³-hybridized carbons (Fsp3) is 0.889. The molecule has 3 atom stereocenters. The smallest absolute Gasteiger partial charge is 0.319 e. The van der Waals surface area contributed by atoms with E-state index in [4.69, 9.17) is 5.73 Å². The van der Waals surface area contributed by atoms with Gasteiger partial charge in [0, 0.05) is 59.4 Å². The van der Waals surface area contributed by atoms with Crippen molar-refractivity contribution in [1.82, 2.24) is 19.6 Å². The second kappa shape index (κ2) is 7.70. The van der Waals surface area contributed by atoms with Crippen molar-refractivity contribution >= 4 is 11.9 Å². The highest BCUT2D eigenvalue weighted by atomic mass is 16.3. The van der Waals surface area contributed by atoms with Crippen LogP contribution in [0, 0.1) is 0 Å². The van der Waals surface area contributed by atoms with E-state index in [1.165, 1.54) is 0 Å². The number of aliphatic hydroxyl groups is 1. The van der Waals surface area contributed by atoms with Gasteiger partial charge in [-0.3, -0.25) is 14.6 Å². The van der Waals surface area contributed by atoms with Gasteiger partial charge in [-0.05, 0) is 32.1 Å². The van der Waals surface area contributed by atoms with Crippen LogP contribution in [0.1, 0.15) is 32.1 Å². The van der Waals surface area contributed by atoms with E-state index < -0.39 is 11.6 Å². The zero-order valence-electron chi connectivity index (χ0n) is 16.1. The number of aliphatic hydroxyl groups excluding tert-OH is 1. The van der Waals surface area contributed by atoms with Crippen LogP contribution in [0.15, 0.2) is 0 Å². The fourth-order valence-electron chi connectivity index (χ4n) is 4.95. The van der Waals surface area contributed by atoms with Gasteiger partial charge < -0.3 is 20.6 Å². The molecule has 2 bridgehead atoms. The van der Waals surface area contributed by atoms with Gasteiger partial charge in [-0.25, -0.2) is 4.79 Å². The molecule has 148 valence electrons. The monoisotopic (exact) mass is 367 g/mol. The standard InChI is InChI=1S/C18H33N5O3/c1-20(2)17(26)22-10-8-21(9-11-22)12-15(24)13-23-14-4-3-6-18(23,7-5-14)16(19)25/h14-15,24H,3-13H2,1-2H3,(H2,19,25)/t14-,15?,18+/m1/s1. The quantitative estimate of drug-likeness (QED) is 0.685. The second-order valence-electron chi connectivity index (χ2n) is 8.25. The SMILES string of the molecule is CN(C)C(=O)N1CCN(CC(O)CN2[C@@H]3CCC[C@@]2(C(N)=O)CC3)CC1. The zero-order chi connectivity index (χ0) is 18.9. The van der Waals surface area contributed by atoms with Crippen LogP contribution in [0.3, 0.4) is 0 Å². The van der Waals surface area contributed by atoms with Crippen LogP contribution in [0.5, 0.6) is 0 Å². The molecule has 26 heavy (non-hydrogen) atoms. The fourth-order valence-corrected chi connectivity index (χ4v) is 4.95. The van der Waals surface area contributed by atoms with Crippen molar-refractivity contribution in [2.45, 2.75) is 49.8 Å². The predicted octanol–water partition coefficient (Wildman–Crippen LogP) is -0.481. The molecule has 3 heterocycles. The topological polar surface area (TPSA) is 93.4 Å². The number of piperazine rings is 1. The Kier molecular flexibility index (Phi) is 5.74. The van der Waals surface area contributed by atoms with Gasteiger partial charge in [-0.15, -0.1) is 0 Å². The molecule has 8 nitrogen and oxygen atoms in total. The largest absolute Gasteiger partial charge is 0.390 e. The van der Waals surface area contributed by atoms with Crippen molar-refractivity contribution in [2.24, 2.45) is 5.73 Å². The van der Waals surface area contributed by atoms with Crippen LogP contribution in [-0.4, -0.2) is 108 Å². The van der Waals surface area contributed by atoms with Gasteiger partial charge in [0.2, 0.25) is 5.91 Å². The van der Waals surface area contributed by atoms with Crippen LogP contribution in [-0.2, 0) is 4.79 Å². The van der Waals surface area contributed by atoms with Crippen molar-refractivity contribution < 1.29 is 14.7 Å². The van der Waals surface area contributed by atoms with E-state index in [-0.39, 0.29) is 11.9 Å². The maximum atomic E-state index is 12.1. The van der Waals surface area contributed by atoms with Gasteiger partial charge in [0.25, 0.3) is 0 Å². The third-order valence-electron chi connectivity index (χ3n) is 6.37. The predicted molar refractivity (Wildman–Crippen MR) is 98.6 cm³/mol. The van der Waals surface area contributed by atoms with Crippen LogP contribution >= 0.6 is 0 Å². The lowest BCUT2D eigenvalue weighted by Crippen LogP contribution is -2.60. The molecule has 3 aliphatic rings. The van der Waals surface area contributed by atoms with Crippen molar-refractivity contribution in [2.75, 3.05) is 53.4 Å². The summed E-state index contributed by atoms with van der Waals surface area (Å²) in [5, 5.41) is 10.7. The highest BCUT2D eigenvalue weighted by Crippen LogP contribution is 2.43. The molecule has 0 aromatic heterocycles. The molecule has 8 heteroatoms. The molecule has 3 saturated heterocycles. The molecular weight excluding hydrogens is 334 g/mol. The van der Waals surface area contributed by atoms with Crippen molar-refractivity contribution in [3.63, 3.8) is 0 Å². The number of nitrogens with zero attached hydrogens (tertiary/aromatic N) is 4. The summed E-state index contributed by atoms with van der Waals surface area (Å²) in [5.41, 5.74) is 5.20. The highest BCUT2D eigenvalue weighted by Gasteiger charge is 2.52. The van der Waals surface area contributed by atoms with E-state index in [1.54, 1.807) is 19.0 Å². The second-order valence-corrected chi connectivity index (χ2v) is 8.25. The molecule has 3 fully saturated rings. The number of nitrogens with two attached hydrogens (primary N) is 1. The first-order valence-electron chi connectivity index (χ1n) is 9.77. The average molecular weight is 367 g/mol. The maximum absolute atomic E-state index is 12.1. The number of amides is 3. The number of piperidine rings is 1. The Balaban J connectivity index is 1.51. The van der Waals surface area contributed by atoms with Gasteiger partial charge >= 0.3 is 6.03 Å². The lowest BCUT2D eigenvalue weighted by Gasteiger charge is -2.44. The van der Waals surface area contributed by atoms with Crippen LogP contribution in [0.4, 0.5) is 4.79 Å². The Morgan fingerprint density at radius 3 is 2.46 bits per heavy atom. The average Bonchev–Trinajstić information content (AvgIpc) is 2.80. The molecule has 3 amide bonds. The third kappa shape index (κ3) is 3.68. The Bertz CT molecular complexity index is 531. The van der Waals surface area contributed by atoms with E-state index in [2.05, 4.69) is 9.80 Å². The summed E-state index contributed by atoms with van der Waals surface area (Å²) < 4.78 is 0. The number of β-amino-alcohol motifs (C(OH)–C–C–N with tert-alkyl or cyclic N) is 1. The summed E-state index contributed by atoms with van der Waals surface area (Å²) in [6.07, 6.45) is 4.27. The summed E-state index contributed by atoms with van der Waals surface area (Å²) in [4.78, 5) is 32.0. The first-order chi connectivity index (χ1) is 12.3. The minimum atomic E-state index is -0.541. The number of carbonyl (C=O) groups excluding carboxylic acids is 2. The summed E-state index contributed by atoms with van der Waals surface area (Å²) in [7, 11) is 3.53. The van der Waals surface area contributed by atoms with E-state index in [0.29, 0.717) is 32.2 Å². The van der Waals surface area contributed by atoms with Gasteiger partial charge in [0.05, 0.1) is 6.10 Å². The number of urea groups is 1. The van der Waals surface area contributed by atoms with Gasteiger partial charge in [-0.2, -0.15) is 0 Å². The summed E-state index contributed by atoms with van der Waals surface area (Å²) >= 11 is 0. The van der Waals surface area contributed by atoms with E-state index in [9.17, 15) is 14.7 Å². The molecule has 0 radical (unpaired) electrons. The molecule has 3 rings (SSSR count). The van der Waals surface area contributed by atoms with Crippen molar-refractivity contribution in [1.29, 1.82) is 0 Å². The zero-order valence-corrected chi connectivity index (χ0v) is 16.1. The molecule has 3 N–H and O–H groups in total. The third-order valence-corrected chi connectivity index (χ3v) is 6.37. The molecule has 0 aromatic rings. The normalized spacial score (nSPS) is 31.0. The Morgan fingerprint density at radius 2 is 1.85 bits per heavy atom. The van der Waals surface area contributed by atoms with Gasteiger partial charge in [-0.1, -0.05) is 0 Å². The van der Waals surface area contributed by atoms with E-state index in [0.717, 1.165) is 45.2 Å². The van der Waals surface area contributed by atoms with Crippen LogP contribution < -0.4 is 5.73 Å². The number of carbonyl (C=O) groups is 2. The number of rotatable bonds is 5. The minimum Gasteiger partial charge on any atom is -0.390 e. The van der Waals surface area contributed by atoms with Gasteiger partial charge in [0.15, 0.2) is 0 Å². The number of fused-ring (bicyclic) bond motifs is 2. The van der Waals surface area contributed by atoms with Crippen LogP contribution in [0.2, 0.25) is 0 Å². The number of hydrogen-bond acceptors (Lipinski definition) is 5. The number of primary amides is 1. The molecule has 3 aliphatic heterocycles. The molecule has 0 aliphatic carbocycles. The van der Waals surface area contributed by atoms with Crippen molar-refractivity contribution in [3.8, 4) is 0 Å². The first kappa shape index (κ1) is 19.4. The molecule has 0 aromatic carbocycles. The van der Waals surface area contributed by atoms with Gasteiger partial charge in [0.1, 0.15) is 5.54 Å². The van der Waals surface area contributed by atoms with E-state index in [1.807, 2.05) is 4.90 Å². The first-order valence-corrected chi connectivity index (χ1v) is 9.77. The number of hydrogen-bond donors (Lipinski definition) is 2. The Hall–Kier alpha value is -1.38. The van der Waals surface area contributed by atoms with Crippen LogP contribution in [0.25, 0.3) is 0 Å². The minimum absolute atomic E-state index is 0.0403.